The smallest absolute Gasteiger partial charge is 0.226 e. The number of rotatable bonds is 8. The van der Waals surface area contributed by atoms with E-state index in [-0.39, 0.29) is 40.8 Å². The molecule has 4 rings (SSSR count). The van der Waals surface area contributed by atoms with Crippen LogP contribution in [0.15, 0.2) is 72.8 Å². The summed E-state index contributed by atoms with van der Waals surface area (Å²) in [6, 6.07) is 21.7. The molecule has 0 radical (unpaired) electrons. The number of nitrogens with zero attached hydrogens (tertiary/aromatic N) is 3. The van der Waals surface area contributed by atoms with Gasteiger partial charge >= 0.3 is 0 Å². The van der Waals surface area contributed by atoms with Gasteiger partial charge in [-0.3, -0.25) is 15.0 Å². The van der Waals surface area contributed by atoms with Crippen molar-refractivity contribution in [2.24, 2.45) is 0 Å². The Bertz CT molecular complexity index is 1400. The third kappa shape index (κ3) is 6.04. The van der Waals surface area contributed by atoms with Crippen LogP contribution in [0, 0.1) is 5.41 Å². The maximum Gasteiger partial charge on any atom is 0.226 e. The van der Waals surface area contributed by atoms with Crippen LogP contribution in [0.1, 0.15) is 15.9 Å². The van der Waals surface area contributed by atoms with Crippen molar-refractivity contribution in [1.29, 1.82) is 5.41 Å². The molecule has 0 unspecified atom stereocenters. The van der Waals surface area contributed by atoms with Gasteiger partial charge in [-0.1, -0.05) is 59.6 Å². The average molecular weight is 576 g/mol. The van der Waals surface area contributed by atoms with Gasteiger partial charge in [0.25, 0.3) is 0 Å². The van der Waals surface area contributed by atoms with Crippen LogP contribution in [0.4, 0.5) is 0 Å². The first kappa shape index (κ1) is 26.7. The van der Waals surface area contributed by atoms with Crippen LogP contribution in [0.2, 0.25) is 10.0 Å². The van der Waals surface area contributed by atoms with Crippen molar-refractivity contribution in [3.05, 3.63) is 99.6 Å². The summed E-state index contributed by atoms with van der Waals surface area (Å²) < 4.78 is 3.39. The molecule has 4 aromatic rings. The summed E-state index contributed by atoms with van der Waals surface area (Å²) >= 11 is 12.4. The fraction of sp³-hybridized carbons (Fsp3) is 0.192. The fourth-order valence-corrected chi connectivity index (χ4v) is 4.28. The lowest BCUT2D eigenvalue weighted by molar-refractivity contribution is -0.129. The molecule has 1 N–H and O–H groups in total. The summed E-state index contributed by atoms with van der Waals surface area (Å²) in [4.78, 5) is 27.2. The number of nitrogens with one attached hydrogen (secondary N) is 1. The van der Waals surface area contributed by atoms with Crippen LogP contribution in [0.25, 0.3) is 11.0 Å². The van der Waals surface area contributed by atoms with Gasteiger partial charge in [0.15, 0.2) is 5.78 Å². The standard InChI is InChI=1S/C26H24Cl2N4O2.BrH/c1-30(24(34)16-18-6-3-2-4-7-18)14-15-31-25-21(28)8-5-9-22(25)32(26(31)29)17-23(33)19-10-12-20(27)13-11-19;/h2-13,29H,14-17H2,1H3;1H. The van der Waals surface area contributed by atoms with Crippen LogP contribution in [-0.2, 0) is 24.3 Å². The first-order valence-electron chi connectivity index (χ1n) is 10.8. The zero-order valence-electron chi connectivity index (χ0n) is 19.1. The highest BCUT2D eigenvalue weighted by Crippen LogP contribution is 2.23. The summed E-state index contributed by atoms with van der Waals surface area (Å²) in [6.07, 6.45) is 0.313. The number of hydrogen-bond donors (Lipinski definition) is 1. The quantitative estimate of drug-likeness (QED) is 0.286. The number of aromatic nitrogens is 2. The monoisotopic (exact) mass is 574 g/mol. The Labute approximate surface area is 224 Å². The number of carbonyl (C=O) groups excluding carboxylic acids is 2. The molecule has 0 aliphatic rings. The maximum atomic E-state index is 12.9. The minimum absolute atomic E-state index is 0. The van der Waals surface area contributed by atoms with Crippen molar-refractivity contribution in [2.45, 2.75) is 19.5 Å². The number of hydrogen-bond acceptors (Lipinski definition) is 3. The predicted octanol–water partition coefficient (Wildman–Crippen LogP) is 5.39. The van der Waals surface area contributed by atoms with Crippen molar-refractivity contribution in [3.8, 4) is 0 Å². The Morgan fingerprint density at radius 3 is 2.29 bits per heavy atom. The van der Waals surface area contributed by atoms with Crippen LogP contribution < -0.4 is 5.62 Å². The molecule has 0 aliphatic carbocycles. The van der Waals surface area contributed by atoms with Gasteiger partial charge in [0.05, 0.1) is 29.0 Å². The highest BCUT2D eigenvalue weighted by molar-refractivity contribution is 8.93. The van der Waals surface area contributed by atoms with Gasteiger partial charge < -0.3 is 14.0 Å². The van der Waals surface area contributed by atoms with E-state index in [9.17, 15) is 9.59 Å². The molecule has 0 spiro atoms. The van der Waals surface area contributed by atoms with E-state index in [1.807, 2.05) is 36.4 Å². The lowest BCUT2D eigenvalue weighted by Gasteiger charge is -2.18. The Kier molecular flexibility index (Phi) is 8.94. The molecule has 0 saturated carbocycles. The number of imidazole rings is 1. The van der Waals surface area contributed by atoms with Gasteiger partial charge in [-0.05, 0) is 42.0 Å². The molecule has 1 amide bonds. The minimum Gasteiger partial charge on any atom is -0.344 e. The zero-order chi connectivity index (χ0) is 24.2. The van der Waals surface area contributed by atoms with Gasteiger partial charge in [-0.25, -0.2) is 0 Å². The van der Waals surface area contributed by atoms with Crippen molar-refractivity contribution >= 4 is 62.9 Å². The summed E-state index contributed by atoms with van der Waals surface area (Å²) in [5.74, 6) is -0.143. The van der Waals surface area contributed by atoms with E-state index in [2.05, 4.69) is 0 Å². The SMILES string of the molecule is Br.CN(CCn1c(=N)n(CC(=O)c2ccc(Cl)cc2)c2cccc(Cl)c21)C(=O)Cc1ccccc1. The highest BCUT2D eigenvalue weighted by Gasteiger charge is 2.18. The van der Waals surface area contributed by atoms with E-state index in [1.54, 1.807) is 57.5 Å². The molecule has 9 heteroatoms. The molecule has 0 bridgehead atoms. The predicted molar refractivity (Wildman–Crippen MR) is 145 cm³/mol. The third-order valence-corrected chi connectivity index (χ3v) is 6.35. The summed E-state index contributed by atoms with van der Waals surface area (Å²) in [6.45, 7) is 0.767. The average Bonchev–Trinajstić information content (AvgIpc) is 3.10. The molecule has 1 heterocycles. The molecular weight excluding hydrogens is 551 g/mol. The van der Waals surface area contributed by atoms with E-state index >= 15 is 0 Å². The maximum absolute atomic E-state index is 12.9. The summed E-state index contributed by atoms with van der Waals surface area (Å²) in [7, 11) is 1.75. The van der Waals surface area contributed by atoms with Gasteiger partial charge in [0.2, 0.25) is 11.5 Å². The van der Waals surface area contributed by atoms with E-state index < -0.39 is 0 Å². The third-order valence-electron chi connectivity index (χ3n) is 5.79. The number of likely N-dealkylation sites (N-methyl/N-ethyl adjacent to an activating group) is 1. The molecule has 182 valence electrons. The number of Topliss-reactive ketones (excluding diaryl/α,β-unsaturated/α-hetero) is 1. The molecule has 0 atom stereocenters. The molecule has 0 aliphatic heterocycles. The number of amides is 1. The van der Waals surface area contributed by atoms with E-state index in [4.69, 9.17) is 28.6 Å². The Balaban J connectivity index is 0.00000342. The topological polar surface area (TPSA) is 71.1 Å². The van der Waals surface area contributed by atoms with E-state index in [0.29, 0.717) is 46.2 Å². The highest BCUT2D eigenvalue weighted by atomic mass is 79.9. The van der Waals surface area contributed by atoms with Gasteiger partial charge in [0.1, 0.15) is 0 Å². The summed E-state index contributed by atoms with van der Waals surface area (Å²) in [5, 5.41) is 9.83. The number of ketones is 1. The Hall–Kier alpha value is -2.87. The van der Waals surface area contributed by atoms with Crippen molar-refractivity contribution < 1.29 is 9.59 Å². The second-order valence-corrected chi connectivity index (χ2v) is 8.92. The Morgan fingerprint density at radius 2 is 1.60 bits per heavy atom. The number of carbonyl (C=O) groups is 2. The van der Waals surface area contributed by atoms with E-state index in [0.717, 1.165) is 5.56 Å². The van der Waals surface area contributed by atoms with Crippen molar-refractivity contribution in [2.75, 3.05) is 13.6 Å². The first-order chi connectivity index (χ1) is 16.3. The number of fused-ring (bicyclic) bond motifs is 1. The lowest BCUT2D eigenvalue weighted by Crippen LogP contribution is -2.34. The second-order valence-electron chi connectivity index (χ2n) is 8.08. The largest absolute Gasteiger partial charge is 0.344 e. The van der Waals surface area contributed by atoms with Crippen LogP contribution in [0.3, 0.4) is 0 Å². The molecule has 6 nitrogen and oxygen atoms in total. The van der Waals surface area contributed by atoms with Crippen molar-refractivity contribution in [1.82, 2.24) is 14.0 Å². The van der Waals surface area contributed by atoms with Gasteiger partial charge in [-0.15, -0.1) is 17.0 Å². The van der Waals surface area contributed by atoms with Gasteiger partial charge in [-0.2, -0.15) is 0 Å². The molecule has 1 aromatic heterocycles. The van der Waals surface area contributed by atoms with Gasteiger partial charge in [0, 0.05) is 30.7 Å². The number of halogens is 3. The Morgan fingerprint density at radius 1 is 0.914 bits per heavy atom. The van der Waals surface area contributed by atoms with E-state index in [1.165, 1.54) is 0 Å². The van der Waals surface area contributed by atoms with Crippen LogP contribution in [-0.4, -0.2) is 39.3 Å². The van der Waals surface area contributed by atoms with Crippen LogP contribution in [0.5, 0.6) is 0 Å². The number of para-hydroxylation sites is 1. The normalized spacial score (nSPS) is 10.7. The zero-order valence-corrected chi connectivity index (χ0v) is 22.3. The molecular formula is C26H25BrCl2N4O2. The second kappa shape index (κ2) is 11.7. The minimum atomic E-state index is -0.135. The molecule has 3 aromatic carbocycles. The molecule has 0 saturated heterocycles. The molecule has 0 fully saturated rings. The fourth-order valence-electron chi connectivity index (χ4n) is 3.88. The first-order valence-corrected chi connectivity index (χ1v) is 11.6. The summed E-state index contributed by atoms with van der Waals surface area (Å²) in [5.41, 5.74) is 2.98. The van der Waals surface area contributed by atoms with Crippen molar-refractivity contribution in [3.63, 3.8) is 0 Å². The number of benzene rings is 3. The lowest BCUT2D eigenvalue weighted by atomic mass is 10.1. The molecule has 35 heavy (non-hydrogen) atoms. The van der Waals surface area contributed by atoms with Crippen LogP contribution >= 0.6 is 40.2 Å².